The number of benzene rings is 1. The summed E-state index contributed by atoms with van der Waals surface area (Å²) in [4.78, 5) is 23.8. The Balaban J connectivity index is 2.22. The molecule has 2 aliphatic carbocycles. The first-order valence-corrected chi connectivity index (χ1v) is 7.44. The van der Waals surface area contributed by atoms with Crippen LogP contribution in [-0.4, -0.2) is 22.2 Å². The zero-order valence-electron chi connectivity index (χ0n) is 12.2. The van der Waals surface area contributed by atoms with Crippen molar-refractivity contribution in [3.63, 3.8) is 0 Å². The maximum absolute atomic E-state index is 12.0. The molecule has 5 unspecified atom stereocenters. The minimum Gasteiger partial charge on any atom is -0.481 e. The van der Waals surface area contributed by atoms with Crippen LogP contribution < -0.4 is 0 Å². The largest absolute Gasteiger partial charge is 0.481 e. The van der Waals surface area contributed by atoms with Crippen molar-refractivity contribution in [2.45, 2.75) is 38.0 Å². The number of carboxylic acid groups (broad SMARTS) is 2. The summed E-state index contributed by atoms with van der Waals surface area (Å²) < 4.78 is 0. The Kier molecular flexibility index (Phi) is 3.08. The molecule has 0 aromatic heterocycles. The molecule has 3 rings (SSSR count). The molecule has 0 saturated heterocycles. The predicted octanol–water partition coefficient (Wildman–Crippen LogP) is 2.87. The molecule has 5 atom stereocenters. The highest BCUT2D eigenvalue weighted by atomic mass is 16.4. The molecule has 1 fully saturated rings. The van der Waals surface area contributed by atoms with Gasteiger partial charge in [0.1, 0.15) is 0 Å². The van der Waals surface area contributed by atoms with Crippen molar-refractivity contribution in [2.24, 2.45) is 17.8 Å². The lowest BCUT2D eigenvalue weighted by molar-refractivity contribution is -0.154. The van der Waals surface area contributed by atoms with Crippen molar-refractivity contribution in [2.75, 3.05) is 0 Å². The summed E-state index contributed by atoms with van der Waals surface area (Å²) in [7, 11) is 0. The molecule has 4 nitrogen and oxygen atoms in total. The lowest BCUT2D eigenvalue weighted by Crippen LogP contribution is -2.48. The van der Waals surface area contributed by atoms with Gasteiger partial charge in [-0.25, -0.2) is 0 Å². The molecule has 0 amide bonds. The summed E-state index contributed by atoms with van der Waals surface area (Å²) in [6, 6.07) is 7.58. The van der Waals surface area contributed by atoms with Crippen LogP contribution in [0.2, 0.25) is 0 Å². The third kappa shape index (κ3) is 1.74. The van der Waals surface area contributed by atoms with Gasteiger partial charge in [0.05, 0.1) is 11.3 Å². The number of carbonyl (C=O) groups is 2. The zero-order valence-corrected chi connectivity index (χ0v) is 12.2. The SMILES string of the molecule is CC1CCC2c3ccccc3C(C)(C(=O)O)C2C1C(=O)O. The number of hydrogen-bond donors (Lipinski definition) is 2. The van der Waals surface area contributed by atoms with Gasteiger partial charge in [-0.15, -0.1) is 0 Å². The van der Waals surface area contributed by atoms with E-state index in [1.165, 1.54) is 0 Å². The molecule has 0 spiro atoms. The lowest BCUT2D eigenvalue weighted by Gasteiger charge is -2.42. The summed E-state index contributed by atoms with van der Waals surface area (Å²) in [6.45, 7) is 3.63. The fourth-order valence-electron chi connectivity index (χ4n) is 4.64. The van der Waals surface area contributed by atoms with Gasteiger partial charge >= 0.3 is 11.9 Å². The van der Waals surface area contributed by atoms with Gasteiger partial charge < -0.3 is 10.2 Å². The van der Waals surface area contributed by atoms with Crippen LogP contribution in [0.3, 0.4) is 0 Å². The third-order valence-corrected chi connectivity index (χ3v) is 5.68. The first kappa shape index (κ1) is 14.1. The van der Waals surface area contributed by atoms with Gasteiger partial charge in [-0.2, -0.15) is 0 Å². The molecule has 1 aromatic carbocycles. The quantitative estimate of drug-likeness (QED) is 0.877. The number of rotatable bonds is 2. The van der Waals surface area contributed by atoms with Crippen molar-refractivity contribution in [3.8, 4) is 0 Å². The molecule has 4 heteroatoms. The summed E-state index contributed by atoms with van der Waals surface area (Å²) >= 11 is 0. The third-order valence-electron chi connectivity index (χ3n) is 5.68. The van der Waals surface area contributed by atoms with E-state index in [1.54, 1.807) is 6.92 Å². The summed E-state index contributed by atoms with van der Waals surface area (Å²) in [5.41, 5.74) is 0.720. The van der Waals surface area contributed by atoms with Crippen molar-refractivity contribution >= 4 is 11.9 Å². The fraction of sp³-hybridized carbons (Fsp3) is 0.529. The van der Waals surface area contributed by atoms with Crippen LogP contribution in [0.4, 0.5) is 0 Å². The van der Waals surface area contributed by atoms with Gasteiger partial charge in [-0.1, -0.05) is 31.2 Å². The van der Waals surface area contributed by atoms with Crippen LogP contribution in [-0.2, 0) is 15.0 Å². The molecule has 112 valence electrons. The summed E-state index contributed by atoms with van der Waals surface area (Å²) in [6.07, 6.45) is 1.71. The van der Waals surface area contributed by atoms with E-state index in [1.807, 2.05) is 31.2 Å². The Bertz CT molecular complexity index is 609. The first-order valence-electron chi connectivity index (χ1n) is 7.44. The molecule has 0 bridgehead atoms. The molecule has 2 N–H and O–H groups in total. The molecule has 0 aliphatic heterocycles. The minimum atomic E-state index is -1.11. The van der Waals surface area contributed by atoms with E-state index in [2.05, 4.69) is 0 Å². The van der Waals surface area contributed by atoms with E-state index in [0.717, 1.165) is 24.0 Å². The van der Waals surface area contributed by atoms with Gasteiger partial charge in [0.15, 0.2) is 0 Å². The second kappa shape index (κ2) is 4.58. The number of carboxylic acids is 2. The van der Waals surface area contributed by atoms with Gasteiger partial charge in [-0.3, -0.25) is 9.59 Å². The highest BCUT2D eigenvalue weighted by Crippen LogP contribution is 2.59. The molecule has 1 saturated carbocycles. The number of fused-ring (bicyclic) bond motifs is 3. The average Bonchev–Trinajstić information content (AvgIpc) is 2.70. The fourth-order valence-corrected chi connectivity index (χ4v) is 4.64. The molecule has 0 heterocycles. The average molecular weight is 288 g/mol. The van der Waals surface area contributed by atoms with Crippen LogP contribution in [0.1, 0.15) is 43.7 Å². The standard InChI is InChI=1S/C17H20O4/c1-9-7-8-11-10-5-3-4-6-12(10)17(2,16(20)21)14(11)13(9)15(18)19/h3-6,9,11,13-14H,7-8H2,1-2H3,(H,18,19)(H,20,21). The Labute approximate surface area is 123 Å². The predicted molar refractivity (Wildman–Crippen MR) is 77.2 cm³/mol. The highest BCUT2D eigenvalue weighted by molar-refractivity contribution is 5.86. The van der Waals surface area contributed by atoms with Crippen LogP contribution >= 0.6 is 0 Å². The lowest BCUT2D eigenvalue weighted by atomic mass is 9.60. The monoisotopic (exact) mass is 288 g/mol. The zero-order chi connectivity index (χ0) is 15.4. The van der Waals surface area contributed by atoms with Gasteiger partial charge in [0, 0.05) is 0 Å². The van der Waals surface area contributed by atoms with Crippen molar-refractivity contribution in [1.29, 1.82) is 0 Å². The Hall–Kier alpha value is -1.84. The van der Waals surface area contributed by atoms with Crippen molar-refractivity contribution in [3.05, 3.63) is 35.4 Å². The van der Waals surface area contributed by atoms with Crippen molar-refractivity contribution < 1.29 is 19.8 Å². The minimum absolute atomic E-state index is 0.0109. The Morgan fingerprint density at radius 3 is 2.48 bits per heavy atom. The second-order valence-electron chi connectivity index (χ2n) is 6.65. The first-order chi connectivity index (χ1) is 9.89. The molecule has 1 aromatic rings. The van der Waals surface area contributed by atoms with Crippen LogP contribution in [0.25, 0.3) is 0 Å². The van der Waals surface area contributed by atoms with Crippen LogP contribution in [0.15, 0.2) is 24.3 Å². The number of aliphatic carboxylic acids is 2. The molecule has 0 radical (unpaired) electrons. The molecule has 21 heavy (non-hydrogen) atoms. The summed E-state index contributed by atoms with van der Waals surface area (Å²) in [5.74, 6) is -2.69. The van der Waals surface area contributed by atoms with Gasteiger partial charge in [0.2, 0.25) is 0 Å². The van der Waals surface area contributed by atoms with Crippen molar-refractivity contribution in [1.82, 2.24) is 0 Å². The maximum Gasteiger partial charge on any atom is 0.314 e. The van der Waals surface area contributed by atoms with Gasteiger partial charge in [0.25, 0.3) is 0 Å². The second-order valence-corrected chi connectivity index (χ2v) is 6.65. The van der Waals surface area contributed by atoms with E-state index < -0.39 is 23.3 Å². The molecular weight excluding hydrogens is 268 g/mol. The Morgan fingerprint density at radius 2 is 1.86 bits per heavy atom. The van der Waals surface area contributed by atoms with Crippen LogP contribution in [0.5, 0.6) is 0 Å². The smallest absolute Gasteiger partial charge is 0.314 e. The van der Waals surface area contributed by atoms with Crippen LogP contribution in [0, 0.1) is 17.8 Å². The van der Waals surface area contributed by atoms with E-state index in [0.29, 0.717) is 0 Å². The molecule has 2 aliphatic rings. The normalized spacial score (nSPS) is 37.6. The van der Waals surface area contributed by atoms with E-state index >= 15 is 0 Å². The maximum atomic E-state index is 12.0. The topological polar surface area (TPSA) is 74.6 Å². The molecular formula is C17H20O4. The van der Waals surface area contributed by atoms with Gasteiger partial charge in [-0.05, 0) is 48.6 Å². The summed E-state index contributed by atoms with van der Waals surface area (Å²) in [5, 5.41) is 19.5. The van der Waals surface area contributed by atoms with E-state index in [-0.39, 0.29) is 17.8 Å². The number of hydrogen-bond acceptors (Lipinski definition) is 2. The van der Waals surface area contributed by atoms with E-state index in [9.17, 15) is 19.8 Å². The van der Waals surface area contributed by atoms with E-state index in [4.69, 9.17) is 0 Å². The Morgan fingerprint density at radius 1 is 1.19 bits per heavy atom. The highest BCUT2D eigenvalue weighted by Gasteiger charge is 2.60.